The van der Waals surface area contributed by atoms with Gasteiger partial charge in [-0.05, 0) is 29.2 Å². The maximum Gasteiger partial charge on any atom is 0.362 e. The first-order valence-electron chi connectivity index (χ1n) is 14.5. The number of carbonyl (C=O) groups excluding carboxylic acids is 2. The number of carbonyl (C=O) groups is 4. The number of nitrogens with zero attached hydrogens (tertiary/aromatic N) is 4. The molecule has 0 bridgehead atoms. The fourth-order valence-corrected chi connectivity index (χ4v) is 7.70. The zero-order valence-electron chi connectivity index (χ0n) is 25.5. The Labute approximate surface area is 295 Å². The Morgan fingerprint density at radius 3 is 2.62 bits per heavy atom. The summed E-state index contributed by atoms with van der Waals surface area (Å²) in [5.41, 5.74) is 2.64. The van der Waals surface area contributed by atoms with Crippen LogP contribution in [-0.4, -0.2) is 77.4 Å². The second-order valence-electron chi connectivity index (χ2n) is 11.0. The SMILES string of the molecule is Nc1nc(C(ON=CC(=O)NC2C(=O)N3C(C(=O)O)=C(C=CC[n+]4ccc5ccccc5c4)CSC23)(C(=O)O)c2cc(O)c(O)cc2Cl)cs1. The van der Waals surface area contributed by atoms with Crippen LogP contribution in [0.5, 0.6) is 11.5 Å². The van der Waals surface area contributed by atoms with E-state index in [4.69, 9.17) is 22.2 Å². The van der Waals surface area contributed by atoms with Crippen molar-refractivity contribution < 1.29 is 49.0 Å². The van der Waals surface area contributed by atoms with Gasteiger partial charge in [0.15, 0.2) is 35.6 Å². The third kappa shape index (κ3) is 6.28. The number of aromatic hydroxyl groups is 2. The Morgan fingerprint density at radius 2 is 1.92 bits per heavy atom. The topological polar surface area (TPSA) is 229 Å². The molecule has 6 rings (SSSR count). The third-order valence-electron chi connectivity index (χ3n) is 7.87. The Bertz CT molecular complexity index is 2160. The lowest BCUT2D eigenvalue weighted by molar-refractivity contribution is -0.685. The van der Waals surface area contributed by atoms with E-state index in [0.29, 0.717) is 18.3 Å². The van der Waals surface area contributed by atoms with Crippen molar-refractivity contribution in [3.63, 3.8) is 0 Å². The molecule has 256 valence electrons. The summed E-state index contributed by atoms with van der Waals surface area (Å²) < 4.78 is 1.94. The second kappa shape index (κ2) is 13.7. The quantitative estimate of drug-likeness (QED) is 0.0429. The number of hydrogen-bond acceptors (Lipinski definition) is 12. The number of oxime groups is 1. The molecule has 0 spiro atoms. The van der Waals surface area contributed by atoms with Crippen molar-refractivity contribution in [2.75, 3.05) is 11.5 Å². The molecule has 1 saturated heterocycles. The van der Waals surface area contributed by atoms with E-state index < -0.39 is 52.3 Å². The number of β-lactam (4-membered cyclic amide) rings is 1. The number of aliphatic carboxylic acids is 2. The number of thiazole rings is 1. The van der Waals surface area contributed by atoms with Crippen LogP contribution in [0.1, 0.15) is 11.3 Å². The maximum atomic E-state index is 13.1. The Morgan fingerprint density at radius 1 is 1.18 bits per heavy atom. The number of halogens is 1. The summed E-state index contributed by atoms with van der Waals surface area (Å²) in [7, 11) is 0. The minimum absolute atomic E-state index is 0.0367. The van der Waals surface area contributed by atoms with Crippen LogP contribution < -0.4 is 15.6 Å². The maximum absolute atomic E-state index is 13.1. The van der Waals surface area contributed by atoms with E-state index in [-0.39, 0.29) is 32.9 Å². The lowest BCUT2D eigenvalue weighted by atomic mass is 9.90. The molecule has 0 saturated carbocycles. The number of carboxylic acid groups (broad SMARTS) is 2. The zero-order chi connectivity index (χ0) is 35.7. The van der Waals surface area contributed by atoms with Gasteiger partial charge in [0, 0.05) is 34.2 Å². The number of nitrogen functional groups attached to an aromatic ring is 1. The summed E-state index contributed by atoms with van der Waals surface area (Å²) in [5, 5.41) is 48.5. The Hall–Kier alpha value is -5.65. The second-order valence-corrected chi connectivity index (χ2v) is 13.4. The van der Waals surface area contributed by atoms with Crippen LogP contribution in [-0.2, 0) is 36.2 Å². The average Bonchev–Trinajstić information content (AvgIpc) is 3.53. The highest BCUT2D eigenvalue weighted by molar-refractivity contribution is 8.00. The first kappa shape index (κ1) is 34.2. The molecule has 3 atom stereocenters. The number of anilines is 1. The van der Waals surface area contributed by atoms with Crippen LogP contribution in [0, 0.1) is 0 Å². The number of carboxylic acids is 2. The van der Waals surface area contributed by atoms with Gasteiger partial charge in [0.05, 0.1) is 5.02 Å². The number of fused-ring (bicyclic) bond motifs is 2. The summed E-state index contributed by atoms with van der Waals surface area (Å²) in [5.74, 6) is -5.74. The van der Waals surface area contributed by atoms with Gasteiger partial charge in [-0.2, -0.15) is 0 Å². The summed E-state index contributed by atoms with van der Waals surface area (Å²) >= 11 is 8.36. The van der Waals surface area contributed by atoms with E-state index in [1.54, 1.807) is 12.2 Å². The first-order chi connectivity index (χ1) is 23.9. The van der Waals surface area contributed by atoms with Gasteiger partial charge in [-0.3, -0.25) is 14.5 Å². The number of aromatic nitrogens is 2. The molecule has 18 heteroatoms. The molecule has 2 aliphatic heterocycles. The number of phenolic OH excluding ortho intramolecular Hbond substituents is 2. The van der Waals surface area contributed by atoms with Gasteiger partial charge >= 0.3 is 17.5 Å². The predicted octanol–water partition coefficient (Wildman–Crippen LogP) is 2.56. The van der Waals surface area contributed by atoms with E-state index >= 15 is 0 Å². The number of thioether (sulfide) groups is 1. The number of allylic oxidation sites excluding steroid dienone is 2. The van der Waals surface area contributed by atoms with Crippen molar-refractivity contribution in [3.05, 3.63) is 99.9 Å². The van der Waals surface area contributed by atoms with Crippen LogP contribution in [0.2, 0.25) is 5.02 Å². The lowest BCUT2D eigenvalue weighted by Crippen LogP contribution is -2.70. The van der Waals surface area contributed by atoms with Gasteiger partial charge in [-0.25, -0.2) is 19.1 Å². The third-order valence-corrected chi connectivity index (χ3v) is 10.2. The van der Waals surface area contributed by atoms with Crippen molar-refractivity contribution in [1.82, 2.24) is 15.2 Å². The van der Waals surface area contributed by atoms with Gasteiger partial charge < -0.3 is 36.3 Å². The molecule has 4 aromatic rings. The molecule has 15 nitrogen and oxygen atoms in total. The van der Waals surface area contributed by atoms with E-state index in [1.165, 1.54) is 17.1 Å². The van der Waals surface area contributed by atoms with Gasteiger partial charge in [0.1, 0.15) is 29.0 Å². The molecular weight excluding hydrogens is 712 g/mol. The summed E-state index contributed by atoms with van der Waals surface area (Å²) in [6.07, 6.45) is 7.94. The zero-order valence-corrected chi connectivity index (χ0v) is 27.9. The molecule has 1 fully saturated rings. The molecule has 2 aromatic carbocycles. The first-order valence-corrected chi connectivity index (χ1v) is 16.9. The van der Waals surface area contributed by atoms with Crippen LogP contribution in [0.4, 0.5) is 5.13 Å². The molecular formula is C32H26ClN6O9S2+. The van der Waals surface area contributed by atoms with Crippen LogP contribution in [0.25, 0.3) is 10.8 Å². The molecule has 2 aromatic heterocycles. The van der Waals surface area contributed by atoms with Crippen molar-refractivity contribution >= 4 is 80.6 Å². The molecule has 2 aliphatic rings. The van der Waals surface area contributed by atoms with Crippen molar-refractivity contribution in [1.29, 1.82) is 0 Å². The van der Waals surface area contributed by atoms with Crippen LogP contribution >= 0.6 is 34.7 Å². The highest BCUT2D eigenvalue weighted by atomic mass is 35.5. The highest BCUT2D eigenvalue weighted by Crippen LogP contribution is 2.44. The lowest BCUT2D eigenvalue weighted by Gasteiger charge is -2.49. The van der Waals surface area contributed by atoms with Crippen LogP contribution in [0.3, 0.4) is 0 Å². The van der Waals surface area contributed by atoms with Crippen molar-refractivity contribution in [3.8, 4) is 11.5 Å². The Balaban J connectivity index is 1.16. The number of nitrogens with two attached hydrogens (primary N) is 1. The molecule has 4 heterocycles. The average molecular weight is 738 g/mol. The summed E-state index contributed by atoms with van der Waals surface area (Å²) in [4.78, 5) is 61.4. The number of rotatable bonds is 11. The van der Waals surface area contributed by atoms with E-state index in [2.05, 4.69) is 15.5 Å². The molecule has 0 radical (unpaired) electrons. The molecule has 0 aliphatic carbocycles. The van der Waals surface area contributed by atoms with Gasteiger partial charge in [0.2, 0.25) is 0 Å². The number of amides is 2. The molecule has 50 heavy (non-hydrogen) atoms. The van der Waals surface area contributed by atoms with Gasteiger partial charge in [0.25, 0.3) is 11.8 Å². The minimum atomic E-state index is -2.63. The summed E-state index contributed by atoms with van der Waals surface area (Å²) in [6, 6.07) is 10.5. The number of benzene rings is 2. The standard InChI is InChI=1S/C32H25ClN6O9S2/c33-20-11-22(41)21(40)10-19(20)32(30(46)47,23-15-50-31(34)36-23)48-35-12-24(42)37-25-27(43)39-26(29(44)45)18(14-49-28(25)39)6-3-8-38-9-7-16-4-1-2-5-17(16)13-38/h1-7,9-13,15,25,28H,8,14H2,(H6-,34,35,36,37,40,41,42,44,45,46,47)/p+1. The highest BCUT2D eigenvalue weighted by Gasteiger charge is 2.54. The van der Waals surface area contributed by atoms with Gasteiger partial charge in [-0.1, -0.05) is 41.0 Å². The van der Waals surface area contributed by atoms with E-state index in [1.807, 2.05) is 47.3 Å². The number of hydrogen-bond donors (Lipinski definition) is 6. The minimum Gasteiger partial charge on any atom is -0.504 e. The Kier molecular flexibility index (Phi) is 9.37. The largest absolute Gasteiger partial charge is 0.504 e. The predicted molar refractivity (Wildman–Crippen MR) is 182 cm³/mol. The number of pyridine rings is 1. The number of nitrogens with one attached hydrogen (secondary N) is 1. The van der Waals surface area contributed by atoms with Gasteiger partial charge in [-0.15, -0.1) is 23.1 Å². The summed E-state index contributed by atoms with van der Waals surface area (Å²) in [6.45, 7) is 0.461. The van der Waals surface area contributed by atoms with Crippen molar-refractivity contribution in [2.45, 2.75) is 23.6 Å². The van der Waals surface area contributed by atoms with Crippen molar-refractivity contribution in [2.24, 2.45) is 5.16 Å². The fourth-order valence-electron chi connectivity index (χ4n) is 5.49. The molecule has 3 unspecified atom stereocenters. The molecule has 7 N–H and O–H groups in total. The van der Waals surface area contributed by atoms with E-state index in [0.717, 1.165) is 39.1 Å². The number of phenols is 2. The smallest absolute Gasteiger partial charge is 0.362 e. The monoisotopic (exact) mass is 737 g/mol. The normalized spacial score (nSPS) is 18.6. The fraction of sp³-hybridized carbons (Fsp3) is 0.156. The van der Waals surface area contributed by atoms with E-state index in [9.17, 15) is 39.6 Å². The molecule has 2 amide bonds. The van der Waals surface area contributed by atoms with Crippen LogP contribution in [0.15, 0.2) is 88.8 Å².